The summed E-state index contributed by atoms with van der Waals surface area (Å²) in [4.78, 5) is 2.43. The van der Waals surface area contributed by atoms with E-state index in [9.17, 15) is 0 Å². The first-order chi connectivity index (χ1) is 8.09. The van der Waals surface area contributed by atoms with Gasteiger partial charge in [-0.3, -0.25) is 0 Å². The normalized spacial score (nSPS) is 26.5. The van der Waals surface area contributed by atoms with E-state index in [1.165, 1.54) is 51.6 Å². The molecule has 0 aromatic heterocycles. The van der Waals surface area contributed by atoms with Crippen molar-refractivity contribution in [2.24, 2.45) is 5.92 Å². The second kappa shape index (κ2) is 8.10. The van der Waals surface area contributed by atoms with Crippen molar-refractivity contribution in [3.63, 3.8) is 0 Å². The lowest BCUT2D eigenvalue weighted by molar-refractivity contribution is 0.267. The highest BCUT2D eigenvalue weighted by Crippen LogP contribution is 2.22. The van der Waals surface area contributed by atoms with Gasteiger partial charge in [-0.1, -0.05) is 19.8 Å². The first-order valence-electron chi connectivity index (χ1n) is 7.53. The Morgan fingerprint density at radius 1 is 1.18 bits per heavy atom. The lowest BCUT2D eigenvalue weighted by Gasteiger charge is -2.22. The van der Waals surface area contributed by atoms with Crippen LogP contribution in [-0.2, 0) is 0 Å². The monoisotopic (exact) mass is 240 g/mol. The molecule has 1 aliphatic carbocycles. The molecule has 0 bridgehead atoms. The highest BCUT2D eigenvalue weighted by Gasteiger charge is 2.15. The Kier molecular flexibility index (Phi) is 7.14. The predicted octanol–water partition coefficient (Wildman–Crippen LogP) is 3.28. The van der Waals surface area contributed by atoms with Crippen LogP contribution in [0.3, 0.4) is 0 Å². The molecule has 2 unspecified atom stereocenters. The van der Waals surface area contributed by atoms with E-state index in [1.54, 1.807) is 0 Å². The van der Waals surface area contributed by atoms with E-state index in [2.05, 4.69) is 38.0 Å². The van der Waals surface area contributed by atoms with Crippen LogP contribution in [0.25, 0.3) is 0 Å². The molecule has 2 nitrogen and oxygen atoms in total. The van der Waals surface area contributed by atoms with Crippen LogP contribution in [0, 0.1) is 5.92 Å². The molecule has 0 aliphatic heterocycles. The second-order valence-corrected chi connectivity index (χ2v) is 6.19. The minimum atomic E-state index is 0.675. The van der Waals surface area contributed by atoms with E-state index in [1.807, 2.05) is 0 Å². The Hall–Kier alpha value is -0.0800. The number of hydrogen-bond acceptors (Lipinski definition) is 2. The molecule has 0 saturated heterocycles. The quantitative estimate of drug-likeness (QED) is 0.566. The minimum Gasteiger partial charge on any atom is -0.314 e. The Morgan fingerprint density at radius 3 is 2.65 bits per heavy atom. The molecule has 1 aliphatic rings. The summed E-state index contributed by atoms with van der Waals surface area (Å²) in [6.45, 7) is 9.34. The summed E-state index contributed by atoms with van der Waals surface area (Å²) < 4.78 is 0. The van der Waals surface area contributed by atoms with E-state index in [4.69, 9.17) is 0 Å². The average molecular weight is 240 g/mol. The SMILES string of the molecule is CC1CCCC(NCCCN(C)C(C)C)CC1. The number of hydrogen-bond donors (Lipinski definition) is 1. The molecule has 0 heterocycles. The maximum Gasteiger partial charge on any atom is 0.00671 e. The van der Waals surface area contributed by atoms with Gasteiger partial charge in [0.25, 0.3) is 0 Å². The zero-order valence-electron chi connectivity index (χ0n) is 12.3. The summed E-state index contributed by atoms with van der Waals surface area (Å²) in [7, 11) is 2.22. The van der Waals surface area contributed by atoms with Crippen LogP contribution in [0.15, 0.2) is 0 Å². The lowest BCUT2D eigenvalue weighted by atomic mass is 10.0. The van der Waals surface area contributed by atoms with Crippen molar-refractivity contribution in [1.82, 2.24) is 10.2 Å². The Bertz CT molecular complexity index is 191. The van der Waals surface area contributed by atoms with Gasteiger partial charge in [0.05, 0.1) is 0 Å². The third-order valence-electron chi connectivity index (χ3n) is 4.26. The van der Waals surface area contributed by atoms with Crippen molar-refractivity contribution in [1.29, 1.82) is 0 Å². The van der Waals surface area contributed by atoms with E-state index < -0.39 is 0 Å². The van der Waals surface area contributed by atoms with Crippen LogP contribution in [0.4, 0.5) is 0 Å². The Morgan fingerprint density at radius 2 is 1.94 bits per heavy atom. The summed E-state index contributed by atoms with van der Waals surface area (Å²) >= 11 is 0. The topological polar surface area (TPSA) is 15.3 Å². The van der Waals surface area contributed by atoms with Crippen LogP contribution in [0.5, 0.6) is 0 Å². The van der Waals surface area contributed by atoms with Crippen molar-refractivity contribution in [2.45, 2.75) is 71.4 Å². The van der Waals surface area contributed by atoms with Gasteiger partial charge < -0.3 is 10.2 Å². The molecule has 0 amide bonds. The highest BCUT2D eigenvalue weighted by molar-refractivity contribution is 4.73. The van der Waals surface area contributed by atoms with Gasteiger partial charge in [0.2, 0.25) is 0 Å². The molecule has 1 fully saturated rings. The molecule has 1 N–H and O–H groups in total. The molecule has 17 heavy (non-hydrogen) atoms. The summed E-state index contributed by atoms with van der Waals surface area (Å²) in [5.74, 6) is 0.953. The number of rotatable bonds is 6. The van der Waals surface area contributed by atoms with Gasteiger partial charge in [-0.05, 0) is 65.6 Å². The van der Waals surface area contributed by atoms with Crippen LogP contribution in [-0.4, -0.2) is 37.1 Å². The van der Waals surface area contributed by atoms with E-state index in [0.29, 0.717) is 6.04 Å². The van der Waals surface area contributed by atoms with Gasteiger partial charge in [0.15, 0.2) is 0 Å². The fourth-order valence-corrected chi connectivity index (χ4v) is 2.58. The van der Waals surface area contributed by atoms with Crippen molar-refractivity contribution in [2.75, 3.05) is 20.1 Å². The largest absolute Gasteiger partial charge is 0.314 e. The van der Waals surface area contributed by atoms with Crippen molar-refractivity contribution in [3.05, 3.63) is 0 Å². The third-order valence-corrected chi connectivity index (χ3v) is 4.26. The van der Waals surface area contributed by atoms with Gasteiger partial charge in [-0.15, -0.1) is 0 Å². The van der Waals surface area contributed by atoms with Gasteiger partial charge in [-0.25, -0.2) is 0 Å². The summed E-state index contributed by atoms with van der Waals surface area (Å²) in [5, 5.41) is 3.75. The van der Waals surface area contributed by atoms with E-state index in [-0.39, 0.29) is 0 Å². The summed E-state index contributed by atoms with van der Waals surface area (Å²) in [5.41, 5.74) is 0. The Balaban J connectivity index is 2.06. The first-order valence-corrected chi connectivity index (χ1v) is 7.53. The molecule has 102 valence electrons. The molecule has 2 heteroatoms. The molecule has 0 radical (unpaired) electrons. The van der Waals surface area contributed by atoms with Crippen LogP contribution >= 0.6 is 0 Å². The molecule has 2 atom stereocenters. The molecule has 0 aromatic carbocycles. The van der Waals surface area contributed by atoms with E-state index >= 15 is 0 Å². The molecule has 1 rings (SSSR count). The van der Waals surface area contributed by atoms with Gasteiger partial charge in [0, 0.05) is 12.1 Å². The molecule has 0 aromatic rings. The molecule has 0 spiro atoms. The zero-order valence-corrected chi connectivity index (χ0v) is 12.3. The zero-order chi connectivity index (χ0) is 12.7. The fraction of sp³-hybridized carbons (Fsp3) is 1.00. The average Bonchev–Trinajstić information content (AvgIpc) is 2.49. The minimum absolute atomic E-state index is 0.675. The number of nitrogens with zero attached hydrogens (tertiary/aromatic N) is 1. The molecular formula is C15H32N2. The predicted molar refractivity (Wildman–Crippen MR) is 76.4 cm³/mol. The van der Waals surface area contributed by atoms with Crippen LogP contribution in [0.1, 0.15) is 59.3 Å². The fourth-order valence-electron chi connectivity index (χ4n) is 2.58. The Labute approximate surface area is 108 Å². The van der Waals surface area contributed by atoms with Gasteiger partial charge in [0.1, 0.15) is 0 Å². The standard InChI is InChI=1S/C15H32N2/c1-13(2)17(4)12-6-11-16-15-8-5-7-14(3)9-10-15/h13-16H,5-12H2,1-4H3. The maximum absolute atomic E-state index is 3.75. The molecule has 1 saturated carbocycles. The maximum atomic E-state index is 3.75. The highest BCUT2D eigenvalue weighted by atomic mass is 15.1. The third kappa shape index (κ3) is 6.42. The van der Waals surface area contributed by atoms with Gasteiger partial charge >= 0.3 is 0 Å². The van der Waals surface area contributed by atoms with Gasteiger partial charge in [-0.2, -0.15) is 0 Å². The molecular weight excluding hydrogens is 208 g/mol. The smallest absolute Gasteiger partial charge is 0.00671 e. The van der Waals surface area contributed by atoms with Crippen LogP contribution in [0.2, 0.25) is 0 Å². The van der Waals surface area contributed by atoms with Crippen molar-refractivity contribution < 1.29 is 0 Å². The van der Waals surface area contributed by atoms with Crippen molar-refractivity contribution in [3.8, 4) is 0 Å². The number of nitrogens with one attached hydrogen (secondary N) is 1. The summed E-state index contributed by atoms with van der Waals surface area (Å²) in [6.07, 6.45) is 8.34. The first kappa shape index (κ1) is 15.0. The van der Waals surface area contributed by atoms with E-state index in [0.717, 1.165) is 12.0 Å². The lowest BCUT2D eigenvalue weighted by Crippen LogP contribution is -2.33. The van der Waals surface area contributed by atoms with Crippen LogP contribution < -0.4 is 5.32 Å². The summed E-state index contributed by atoms with van der Waals surface area (Å²) in [6, 6.07) is 1.47. The second-order valence-electron chi connectivity index (χ2n) is 6.19. The van der Waals surface area contributed by atoms with Crippen molar-refractivity contribution >= 4 is 0 Å².